The van der Waals surface area contributed by atoms with Crippen LogP contribution in [-0.2, 0) is 21.4 Å². The smallest absolute Gasteiger partial charge is 0.308 e. The maximum Gasteiger partial charge on any atom is 0.308 e. The van der Waals surface area contributed by atoms with Gasteiger partial charge in [0.05, 0.1) is 24.3 Å². The Bertz CT molecular complexity index is 834. The summed E-state index contributed by atoms with van der Waals surface area (Å²) in [4.78, 5) is 25.7. The first-order chi connectivity index (χ1) is 13.0. The van der Waals surface area contributed by atoms with E-state index in [-0.39, 0.29) is 29.4 Å². The molecule has 0 aliphatic carbocycles. The second-order valence-electron chi connectivity index (χ2n) is 6.31. The molecule has 0 N–H and O–H groups in total. The number of hydrogen-bond donors (Lipinski definition) is 0. The first kappa shape index (κ1) is 19.3. The highest BCUT2D eigenvalue weighted by atomic mass is 32.2. The zero-order valence-corrected chi connectivity index (χ0v) is 16.0. The van der Waals surface area contributed by atoms with Crippen LogP contribution in [0.25, 0.3) is 11.4 Å². The number of methoxy groups -OCH3 is 1. The lowest BCUT2D eigenvalue weighted by Gasteiger charge is -2.30. The minimum absolute atomic E-state index is 0.0150. The molecular formula is C18H21FN4O3S. The molecule has 144 valence electrons. The molecule has 27 heavy (non-hydrogen) atoms. The van der Waals surface area contributed by atoms with Crippen molar-refractivity contribution in [1.29, 1.82) is 0 Å². The van der Waals surface area contributed by atoms with E-state index >= 15 is 0 Å². The van der Waals surface area contributed by atoms with Crippen LogP contribution >= 0.6 is 11.8 Å². The SMILES string of the molecule is COC(=O)C1CCN(C(=O)CSc2nnc(-c3ccccc3F)n2C)CC1. The highest BCUT2D eigenvalue weighted by molar-refractivity contribution is 7.99. The summed E-state index contributed by atoms with van der Waals surface area (Å²) < 4.78 is 20.4. The molecule has 7 nitrogen and oxygen atoms in total. The van der Waals surface area contributed by atoms with Crippen LogP contribution in [0.1, 0.15) is 12.8 Å². The van der Waals surface area contributed by atoms with Crippen molar-refractivity contribution >= 4 is 23.6 Å². The van der Waals surface area contributed by atoms with Gasteiger partial charge in [0.1, 0.15) is 5.82 Å². The number of likely N-dealkylation sites (tertiary alicyclic amines) is 1. The number of carbonyl (C=O) groups excluding carboxylic acids is 2. The summed E-state index contributed by atoms with van der Waals surface area (Å²) in [5, 5.41) is 8.67. The molecule has 0 unspecified atom stereocenters. The first-order valence-corrected chi connectivity index (χ1v) is 9.62. The van der Waals surface area contributed by atoms with Crippen LogP contribution in [0.4, 0.5) is 4.39 Å². The van der Waals surface area contributed by atoms with E-state index < -0.39 is 0 Å². The number of nitrogens with zero attached hydrogens (tertiary/aromatic N) is 4. The number of hydrogen-bond acceptors (Lipinski definition) is 6. The molecule has 0 atom stereocenters. The highest BCUT2D eigenvalue weighted by Crippen LogP contribution is 2.25. The number of benzene rings is 1. The molecule has 0 bridgehead atoms. The molecule has 3 rings (SSSR count). The zero-order valence-electron chi connectivity index (χ0n) is 15.2. The molecule has 0 spiro atoms. The summed E-state index contributed by atoms with van der Waals surface area (Å²) in [5.41, 5.74) is 0.371. The predicted octanol–water partition coefficient (Wildman–Crippen LogP) is 2.12. The van der Waals surface area contributed by atoms with Gasteiger partial charge in [0.15, 0.2) is 11.0 Å². The Morgan fingerprint density at radius 1 is 1.26 bits per heavy atom. The van der Waals surface area contributed by atoms with E-state index in [2.05, 4.69) is 10.2 Å². The quantitative estimate of drug-likeness (QED) is 0.573. The van der Waals surface area contributed by atoms with Gasteiger partial charge in [0.25, 0.3) is 0 Å². The summed E-state index contributed by atoms with van der Waals surface area (Å²) in [6.45, 7) is 1.08. The number of carbonyl (C=O) groups is 2. The summed E-state index contributed by atoms with van der Waals surface area (Å²) in [6, 6.07) is 6.37. The van der Waals surface area contributed by atoms with E-state index in [0.29, 0.717) is 42.5 Å². The van der Waals surface area contributed by atoms with E-state index in [1.807, 2.05) is 0 Å². The largest absolute Gasteiger partial charge is 0.469 e. The Kier molecular flexibility index (Phi) is 6.10. The fourth-order valence-electron chi connectivity index (χ4n) is 3.07. The van der Waals surface area contributed by atoms with Crippen LogP contribution in [0.5, 0.6) is 0 Å². The van der Waals surface area contributed by atoms with Crippen molar-refractivity contribution in [3.8, 4) is 11.4 Å². The molecule has 0 saturated carbocycles. The minimum Gasteiger partial charge on any atom is -0.469 e. The summed E-state index contributed by atoms with van der Waals surface area (Å²) in [7, 11) is 3.13. The fraction of sp³-hybridized carbons (Fsp3) is 0.444. The van der Waals surface area contributed by atoms with Crippen molar-refractivity contribution in [2.45, 2.75) is 18.0 Å². The average molecular weight is 392 g/mol. The van der Waals surface area contributed by atoms with Crippen LogP contribution in [0, 0.1) is 11.7 Å². The summed E-state index contributed by atoms with van der Waals surface area (Å²) >= 11 is 1.27. The van der Waals surface area contributed by atoms with Gasteiger partial charge in [0, 0.05) is 20.1 Å². The van der Waals surface area contributed by atoms with E-state index in [1.165, 1.54) is 24.9 Å². The van der Waals surface area contributed by atoms with Crippen molar-refractivity contribution in [3.63, 3.8) is 0 Å². The molecule has 1 aromatic heterocycles. The molecule has 0 radical (unpaired) electrons. The van der Waals surface area contributed by atoms with Gasteiger partial charge in [-0.2, -0.15) is 0 Å². The van der Waals surface area contributed by atoms with E-state index in [4.69, 9.17) is 4.74 Å². The Balaban J connectivity index is 1.57. The van der Waals surface area contributed by atoms with Crippen molar-refractivity contribution in [2.75, 3.05) is 26.0 Å². The molecule has 1 aromatic carbocycles. The second-order valence-corrected chi connectivity index (χ2v) is 7.25. The molecule has 1 amide bonds. The maximum atomic E-state index is 14.0. The Morgan fingerprint density at radius 3 is 2.63 bits per heavy atom. The van der Waals surface area contributed by atoms with Crippen LogP contribution in [0.2, 0.25) is 0 Å². The summed E-state index contributed by atoms with van der Waals surface area (Å²) in [5.74, 6) is -0.0913. The first-order valence-electron chi connectivity index (χ1n) is 8.64. The molecule has 9 heteroatoms. The third-order valence-corrected chi connectivity index (χ3v) is 5.66. The number of rotatable bonds is 5. The lowest BCUT2D eigenvalue weighted by atomic mass is 9.97. The zero-order chi connectivity index (χ0) is 19.4. The number of halogens is 1. The molecule has 1 aliphatic rings. The lowest BCUT2D eigenvalue weighted by Crippen LogP contribution is -2.41. The van der Waals surface area contributed by atoms with Crippen LogP contribution < -0.4 is 0 Å². The lowest BCUT2D eigenvalue weighted by molar-refractivity contribution is -0.148. The van der Waals surface area contributed by atoms with Crippen molar-refractivity contribution in [2.24, 2.45) is 13.0 Å². The van der Waals surface area contributed by atoms with Gasteiger partial charge in [-0.25, -0.2) is 4.39 Å². The number of amides is 1. The second kappa shape index (κ2) is 8.51. The number of ether oxygens (including phenoxy) is 1. The van der Waals surface area contributed by atoms with Crippen molar-refractivity contribution in [3.05, 3.63) is 30.1 Å². The molecule has 1 fully saturated rings. The van der Waals surface area contributed by atoms with Crippen LogP contribution in [-0.4, -0.2) is 57.5 Å². The Labute approximate surface area is 160 Å². The third kappa shape index (κ3) is 4.29. The molecule has 2 aromatic rings. The molecular weight excluding hydrogens is 371 g/mol. The fourth-order valence-corrected chi connectivity index (χ4v) is 3.88. The normalized spacial score (nSPS) is 15.0. The summed E-state index contributed by atoms with van der Waals surface area (Å²) in [6.07, 6.45) is 1.23. The third-order valence-electron chi connectivity index (χ3n) is 4.66. The van der Waals surface area contributed by atoms with Gasteiger partial charge in [-0.3, -0.25) is 9.59 Å². The minimum atomic E-state index is -0.367. The van der Waals surface area contributed by atoms with Gasteiger partial charge in [-0.15, -0.1) is 10.2 Å². The van der Waals surface area contributed by atoms with E-state index in [1.54, 1.807) is 34.7 Å². The van der Waals surface area contributed by atoms with Crippen LogP contribution in [0.3, 0.4) is 0 Å². The Morgan fingerprint density at radius 2 is 1.96 bits per heavy atom. The average Bonchev–Trinajstić information content (AvgIpc) is 3.06. The van der Waals surface area contributed by atoms with E-state index in [9.17, 15) is 14.0 Å². The van der Waals surface area contributed by atoms with E-state index in [0.717, 1.165) is 0 Å². The monoisotopic (exact) mass is 392 g/mol. The number of thioether (sulfide) groups is 1. The number of piperidine rings is 1. The number of aromatic nitrogens is 3. The molecule has 1 aliphatic heterocycles. The molecule has 1 saturated heterocycles. The Hall–Kier alpha value is -2.42. The molecule has 2 heterocycles. The van der Waals surface area contributed by atoms with Gasteiger partial charge in [0.2, 0.25) is 5.91 Å². The van der Waals surface area contributed by atoms with Crippen molar-refractivity contribution in [1.82, 2.24) is 19.7 Å². The standard InChI is InChI=1S/C18H21FN4O3S/c1-22-16(13-5-3-4-6-14(13)19)20-21-18(22)27-11-15(24)23-9-7-12(8-10-23)17(25)26-2/h3-6,12H,7-11H2,1-2H3. The van der Waals surface area contributed by atoms with Gasteiger partial charge in [-0.05, 0) is 25.0 Å². The predicted molar refractivity (Wildman–Crippen MR) is 98.4 cm³/mol. The van der Waals surface area contributed by atoms with Crippen LogP contribution in [0.15, 0.2) is 29.4 Å². The van der Waals surface area contributed by atoms with Gasteiger partial charge < -0.3 is 14.2 Å². The van der Waals surface area contributed by atoms with Gasteiger partial charge in [-0.1, -0.05) is 23.9 Å². The number of esters is 1. The topological polar surface area (TPSA) is 77.3 Å². The highest BCUT2D eigenvalue weighted by Gasteiger charge is 2.28. The van der Waals surface area contributed by atoms with Crippen molar-refractivity contribution < 1.29 is 18.7 Å². The maximum absolute atomic E-state index is 14.0. The van der Waals surface area contributed by atoms with Gasteiger partial charge >= 0.3 is 5.97 Å².